The summed E-state index contributed by atoms with van der Waals surface area (Å²) in [6, 6.07) is 21.6. The number of non-ortho nitro benzene ring substituents is 1. The highest BCUT2D eigenvalue weighted by Gasteiger charge is 2.37. The number of carbonyl (C=O) groups excluding carboxylic acids is 3. The van der Waals surface area contributed by atoms with Crippen LogP contribution < -0.4 is 15.0 Å². The van der Waals surface area contributed by atoms with Crippen LogP contribution in [0.25, 0.3) is 16.8 Å². The Morgan fingerprint density at radius 2 is 1.74 bits per heavy atom. The Morgan fingerprint density at radius 1 is 0.949 bits per heavy atom. The molecule has 1 fully saturated rings. The number of hydrogen-bond donors (Lipinski definition) is 1. The zero-order chi connectivity index (χ0) is 27.7. The minimum absolute atomic E-state index is 0.0173. The summed E-state index contributed by atoms with van der Waals surface area (Å²) in [6.07, 6.45) is 1.42. The lowest BCUT2D eigenvalue weighted by Gasteiger charge is -2.28. The number of rotatable bonds is 6. The van der Waals surface area contributed by atoms with Crippen LogP contribution in [0.1, 0.15) is 22.3 Å². The Balaban J connectivity index is 1.58. The van der Waals surface area contributed by atoms with Gasteiger partial charge < -0.3 is 4.74 Å². The number of urea groups is 1. The number of amides is 4. The zero-order valence-electron chi connectivity index (χ0n) is 21.1. The van der Waals surface area contributed by atoms with Crippen molar-refractivity contribution < 1.29 is 24.0 Å². The molecule has 9 nitrogen and oxygen atoms in total. The van der Waals surface area contributed by atoms with Gasteiger partial charge in [0.2, 0.25) is 0 Å². The highest BCUT2D eigenvalue weighted by atomic mass is 16.6. The summed E-state index contributed by atoms with van der Waals surface area (Å²) in [5, 5.41) is 15.0. The normalized spacial score (nSPS) is 14.6. The number of anilines is 1. The molecule has 1 aliphatic rings. The van der Waals surface area contributed by atoms with Crippen LogP contribution in [-0.2, 0) is 16.2 Å². The Labute approximate surface area is 223 Å². The van der Waals surface area contributed by atoms with Crippen molar-refractivity contribution in [3.8, 4) is 5.75 Å². The molecule has 0 spiro atoms. The van der Waals surface area contributed by atoms with E-state index in [1.807, 2.05) is 43.3 Å². The first-order valence-electron chi connectivity index (χ1n) is 12.1. The van der Waals surface area contributed by atoms with Crippen LogP contribution in [0.2, 0.25) is 0 Å². The van der Waals surface area contributed by atoms with Crippen molar-refractivity contribution in [3.05, 3.63) is 117 Å². The fourth-order valence-corrected chi connectivity index (χ4v) is 4.45. The number of nitro benzene ring substituents is 1. The Morgan fingerprint density at radius 3 is 2.54 bits per heavy atom. The number of ether oxygens (including phenoxy) is 1. The van der Waals surface area contributed by atoms with E-state index in [0.717, 1.165) is 21.2 Å². The molecular formula is C30H23N3O6. The average Bonchev–Trinajstić information content (AvgIpc) is 2.92. The molecule has 0 unspecified atom stereocenters. The molecule has 0 saturated carbocycles. The van der Waals surface area contributed by atoms with E-state index in [1.165, 1.54) is 18.2 Å². The van der Waals surface area contributed by atoms with Gasteiger partial charge in [0.15, 0.2) is 0 Å². The SMILES string of the molecule is Cc1ccc(C)c(N2C(=O)NC(=O)/C(=C\c3c(OCc4cccc([N+](=O)[O-])c4)ccc4ccccc34)C2=O)c1. The highest BCUT2D eigenvalue weighted by Crippen LogP contribution is 2.33. The summed E-state index contributed by atoms with van der Waals surface area (Å²) < 4.78 is 6.05. The predicted molar refractivity (Wildman–Crippen MR) is 146 cm³/mol. The molecule has 4 aromatic carbocycles. The molecular weight excluding hydrogens is 498 g/mol. The van der Waals surface area contributed by atoms with E-state index < -0.39 is 22.8 Å². The van der Waals surface area contributed by atoms with Crippen molar-refractivity contribution in [3.63, 3.8) is 0 Å². The van der Waals surface area contributed by atoms with Crippen molar-refractivity contribution >= 4 is 46.1 Å². The van der Waals surface area contributed by atoms with E-state index in [2.05, 4.69) is 5.32 Å². The van der Waals surface area contributed by atoms with Crippen LogP contribution in [0.4, 0.5) is 16.2 Å². The number of nitrogens with one attached hydrogen (secondary N) is 1. The third-order valence-electron chi connectivity index (χ3n) is 6.44. The second-order valence-electron chi connectivity index (χ2n) is 9.16. The monoisotopic (exact) mass is 521 g/mol. The number of aryl methyl sites for hydroxylation is 2. The lowest BCUT2D eigenvalue weighted by molar-refractivity contribution is -0.384. The maximum absolute atomic E-state index is 13.6. The van der Waals surface area contributed by atoms with Crippen LogP contribution in [0.15, 0.2) is 84.4 Å². The topological polar surface area (TPSA) is 119 Å². The van der Waals surface area contributed by atoms with E-state index in [0.29, 0.717) is 28.1 Å². The fourth-order valence-electron chi connectivity index (χ4n) is 4.45. The maximum atomic E-state index is 13.6. The molecule has 0 atom stereocenters. The molecule has 1 heterocycles. The number of imide groups is 2. The van der Waals surface area contributed by atoms with Gasteiger partial charge >= 0.3 is 6.03 Å². The standard InChI is InChI=1S/C30H23N3O6/c1-18-10-11-19(2)26(14-18)32-29(35)25(28(34)31-30(32)36)16-24-23-9-4-3-7-21(23)12-13-27(24)39-17-20-6-5-8-22(15-20)33(37)38/h3-16H,17H2,1-2H3,(H,31,34,36)/b25-16+. The first-order valence-corrected chi connectivity index (χ1v) is 12.1. The number of barbiturate groups is 1. The highest BCUT2D eigenvalue weighted by molar-refractivity contribution is 6.39. The van der Waals surface area contributed by atoms with Gasteiger partial charge in [0, 0.05) is 17.7 Å². The van der Waals surface area contributed by atoms with E-state index in [1.54, 1.807) is 37.3 Å². The second kappa shape index (κ2) is 10.2. The fraction of sp³-hybridized carbons (Fsp3) is 0.100. The third-order valence-corrected chi connectivity index (χ3v) is 6.44. The minimum atomic E-state index is -0.823. The lowest BCUT2D eigenvalue weighted by Crippen LogP contribution is -2.54. The number of nitrogens with zero attached hydrogens (tertiary/aromatic N) is 2. The number of nitro groups is 1. The molecule has 4 aromatic rings. The third kappa shape index (κ3) is 4.97. The molecule has 0 aliphatic carbocycles. The van der Waals surface area contributed by atoms with Crippen molar-refractivity contribution in [2.45, 2.75) is 20.5 Å². The summed E-state index contributed by atoms with van der Waals surface area (Å²) in [7, 11) is 0. The van der Waals surface area contributed by atoms with Gasteiger partial charge in [0.1, 0.15) is 17.9 Å². The smallest absolute Gasteiger partial charge is 0.335 e. The van der Waals surface area contributed by atoms with Gasteiger partial charge in [0.05, 0.1) is 10.6 Å². The first kappa shape index (κ1) is 25.3. The molecule has 194 valence electrons. The Bertz CT molecular complexity index is 1710. The van der Waals surface area contributed by atoms with E-state index >= 15 is 0 Å². The van der Waals surface area contributed by atoms with Gasteiger partial charge in [-0.25, -0.2) is 9.69 Å². The summed E-state index contributed by atoms with van der Waals surface area (Å²) in [5.74, 6) is -1.21. The van der Waals surface area contributed by atoms with Crippen molar-refractivity contribution in [2.75, 3.05) is 4.90 Å². The quantitative estimate of drug-likeness (QED) is 0.152. The largest absolute Gasteiger partial charge is 0.488 e. The molecule has 9 heteroatoms. The molecule has 0 radical (unpaired) electrons. The number of carbonyl (C=O) groups is 3. The molecule has 1 N–H and O–H groups in total. The maximum Gasteiger partial charge on any atom is 0.335 e. The Hall–Kier alpha value is -5.31. The number of benzene rings is 4. The molecule has 4 amide bonds. The predicted octanol–water partition coefficient (Wildman–Crippen LogP) is 5.61. The van der Waals surface area contributed by atoms with Crippen molar-refractivity contribution in [2.24, 2.45) is 0 Å². The summed E-state index contributed by atoms with van der Waals surface area (Å²) in [5.41, 5.74) is 2.69. The molecule has 1 saturated heterocycles. The minimum Gasteiger partial charge on any atom is -0.488 e. The summed E-state index contributed by atoms with van der Waals surface area (Å²) >= 11 is 0. The van der Waals surface area contributed by atoms with E-state index in [-0.39, 0.29) is 17.9 Å². The zero-order valence-corrected chi connectivity index (χ0v) is 21.1. The van der Waals surface area contributed by atoms with Gasteiger partial charge in [0.25, 0.3) is 17.5 Å². The first-order chi connectivity index (χ1) is 18.7. The van der Waals surface area contributed by atoms with Crippen LogP contribution in [-0.4, -0.2) is 22.8 Å². The molecule has 1 aliphatic heterocycles. The summed E-state index contributed by atoms with van der Waals surface area (Å²) in [4.78, 5) is 50.9. The van der Waals surface area contributed by atoms with Gasteiger partial charge in [-0.15, -0.1) is 0 Å². The molecule has 5 rings (SSSR count). The van der Waals surface area contributed by atoms with Crippen LogP contribution in [0.3, 0.4) is 0 Å². The summed E-state index contributed by atoms with van der Waals surface area (Å²) in [6.45, 7) is 3.64. The van der Waals surface area contributed by atoms with Crippen molar-refractivity contribution in [1.82, 2.24) is 5.32 Å². The molecule has 0 bridgehead atoms. The lowest BCUT2D eigenvalue weighted by atomic mass is 9.99. The van der Waals surface area contributed by atoms with Gasteiger partial charge in [-0.05, 0) is 59.5 Å². The van der Waals surface area contributed by atoms with Crippen LogP contribution in [0.5, 0.6) is 5.75 Å². The van der Waals surface area contributed by atoms with Crippen molar-refractivity contribution in [1.29, 1.82) is 0 Å². The van der Waals surface area contributed by atoms with Crippen LogP contribution in [0, 0.1) is 24.0 Å². The molecule has 0 aromatic heterocycles. The van der Waals surface area contributed by atoms with Gasteiger partial charge in [-0.2, -0.15) is 0 Å². The average molecular weight is 522 g/mol. The van der Waals surface area contributed by atoms with Gasteiger partial charge in [-0.3, -0.25) is 25.0 Å². The van der Waals surface area contributed by atoms with Crippen LogP contribution >= 0.6 is 0 Å². The number of hydrogen-bond acceptors (Lipinski definition) is 6. The Kier molecular flexibility index (Phi) is 6.64. The molecule has 39 heavy (non-hydrogen) atoms. The van der Waals surface area contributed by atoms with Gasteiger partial charge in [-0.1, -0.05) is 54.6 Å². The number of fused-ring (bicyclic) bond motifs is 1. The second-order valence-corrected chi connectivity index (χ2v) is 9.16. The van der Waals surface area contributed by atoms with E-state index in [9.17, 15) is 24.5 Å². The van der Waals surface area contributed by atoms with E-state index in [4.69, 9.17) is 4.74 Å².